The quantitative estimate of drug-likeness (QED) is 0.622. The molecule has 0 bridgehead atoms. The highest BCUT2D eigenvalue weighted by molar-refractivity contribution is 7.98. The second-order valence-electron chi connectivity index (χ2n) is 3.47. The van der Waals surface area contributed by atoms with Gasteiger partial charge in [0.15, 0.2) is 5.16 Å². The van der Waals surface area contributed by atoms with Gasteiger partial charge >= 0.3 is 0 Å². The predicted octanol–water partition coefficient (Wildman–Crippen LogP) is 2.65. The molecule has 0 aliphatic heterocycles. The first-order valence-corrected chi connectivity index (χ1v) is 6.29. The van der Waals surface area contributed by atoms with E-state index in [1.807, 2.05) is 12.1 Å². The molecule has 4 nitrogen and oxygen atoms in total. The minimum atomic E-state index is 0.546. The number of hydrogen-bond donors (Lipinski definition) is 0. The number of thioether (sulfide) groups is 1. The number of nitriles is 1. The maximum absolute atomic E-state index is 9.00. The van der Waals surface area contributed by atoms with Gasteiger partial charge in [-0.2, -0.15) is 5.26 Å². The molecule has 18 heavy (non-hydrogen) atoms. The molecule has 90 valence electrons. The van der Waals surface area contributed by atoms with Crippen LogP contribution in [0.3, 0.4) is 0 Å². The standard InChI is InChI=1S/C13H11N3OS/c1-17-12-4-3-10(7-11(12)8-14)9-18-13-15-5-2-6-16-13/h2-7H,9H2,1H3. The van der Waals surface area contributed by atoms with Crippen molar-refractivity contribution in [1.29, 1.82) is 5.26 Å². The third-order valence-electron chi connectivity index (χ3n) is 2.29. The Morgan fingerprint density at radius 1 is 1.33 bits per heavy atom. The topological polar surface area (TPSA) is 58.8 Å². The molecule has 2 aromatic rings. The van der Waals surface area contributed by atoms with Gasteiger partial charge in [0.05, 0.1) is 12.7 Å². The second-order valence-corrected chi connectivity index (χ2v) is 4.41. The summed E-state index contributed by atoms with van der Waals surface area (Å²) in [7, 11) is 1.56. The molecule has 0 atom stereocenters. The minimum absolute atomic E-state index is 0.546. The van der Waals surface area contributed by atoms with Crippen LogP contribution < -0.4 is 4.74 Å². The Kier molecular flexibility index (Phi) is 4.15. The number of ether oxygens (including phenoxy) is 1. The first-order valence-electron chi connectivity index (χ1n) is 5.30. The van der Waals surface area contributed by atoms with Gasteiger partial charge in [0.25, 0.3) is 0 Å². The van der Waals surface area contributed by atoms with Crippen LogP contribution in [-0.2, 0) is 5.75 Å². The maximum atomic E-state index is 9.00. The third-order valence-corrected chi connectivity index (χ3v) is 3.24. The number of hydrogen-bond acceptors (Lipinski definition) is 5. The fraction of sp³-hybridized carbons (Fsp3) is 0.154. The average molecular weight is 257 g/mol. The van der Waals surface area contributed by atoms with E-state index in [1.165, 1.54) is 11.8 Å². The molecular weight excluding hydrogens is 246 g/mol. The number of benzene rings is 1. The number of rotatable bonds is 4. The minimum Gasteiger partial charge on any atom is -0.495 e. The summed E-state index contributed by atoms with van der Waals surface area (Å²) in [6.07, 6.45) is 3.42. The highest BCUT2D eigenvalue weighted by Gasteiger charge is 2.04. The van der Waals surface area contributed by atoms with E-state index in [0.29, 0.717) is 11.3 Å². The molecule has 0 aliphatic rings. The Bertz CT molecular complexity index is 566. The van der Waals surface area contributed by atoms with Crippen molar-refractivity contribution in [3.05, 3.63) is 47.8 Å². The van der Waals surface area contributed by atoms with Crippen LogP contribution in [0.1, 0.15) is 11.1 Å². The van der Waals surface area contributed by atoms with Crippen LogP contribution in [0.5, 0.6) is 5.75 Å². The zero-order valence-electron chi connectivity index (χ0n) is 9.83. The highest BCUT2D eigenvalue weighted by Crippen LogP contribution is 2.23. The van der Waals surface area contributed by atoms with Crippen molar-refractivity contribution in [2.75, 3.05) is 7.11 Å². The fourth-order valence-corrected chi connectivity index (χ4v) is 2.19. The Hall–Kier alpha value is -2.06. The van der Waals surface area contributed by atoms with Crippen LogP contribution in [0.2, 0.25) is 0 Å². The van der Waals surface area contributed by atoms with Crippen LogP contribution in [0.4, 0.5) is 0 Å². The van der Waals surface area contributed by atoms with Gasteiger partial charge in [0.2, 0.25) is 0 Å². The highest BCUT2D eigenvalue weighted by atomic mass is 32.2. The summed E-state index contributed by atoms with van der Waals surface area (Å²) < 4.78 is 5.10. The van der Waals surface area contributed by atoms with Crippen LogP contribution >= 0.6 is 11.8 Å². The van der Waals surface area contributed by atoms with Crippen molar-refractivity contribution in [3.63, 3.8) is 0 Å². The van der Waals surface area contributed by atoms with Gasteiger partial charge in [0, 0.05) is 18.1 Å². The van der Waals surface area contributed by atoms with E-state index < -0.39 is 0 Å². The normalized spacial score (nSPS) is 9.78. The largest absolute Gasteiger partial charge is 0.495 e. The number of aromatic nitrogens is 2. The molecule has 1 aromatic carbocycles. The molecule has 0 saturated heterocycles. The zero-order chi connectivity index (χ0) is 12.8. The summed E-state index contributed by atoms with van der Waals surface area (Å²) in [4.78, 5) is 8.26. The van der Waals surface area contributed by atoms with Crippen LogP contribution in [-0.4, -0.2) is 17.1 Å². The molecule has 0 spiro atoms. The first-order chi connectivity index (χ1) is 8.83. The summed E-state index contributed by atoms with van der Waals surface area (Å²) in [6.45, 7) is 0. The summed E-state index contributed by atoms with van der Waals surface area (Å²) in [5, 5.41) is 9.73. The summed E-state index contributed by atoms with van der Waals surface area (Å²) in [5.74, 6) is 1.32. The Morgan fingerprint density at radius 2 is 2.11 bits per heavy atom. The van der Waals surface area contributed by atoms with Crippen LogP contribution in [0.25, 0.3) is 0 Å². The molecule has 0 radical (unpaired) electrons. The molecular formula is C13H11N3OS. The fourth-order valence-electron chi connectivity index (χ4n) is 1.44. The molecule has 0 aliphatic carbocycles. The van der Waals surface area contributed by atoms with Crippen molar-refractivity contribution >= 4 is 11.8 Å². The molecule has 5 heteroatoms. The molecule has 0 N–H and O–H groups in total. The molecule has 2 rings (SSSR count). The Balaban J connectivity index is 2.09. The lowest BCUT2D eigenvalue weighted by molar-refractivity contribution is 0.413. The molecule has 0 amide bonds. The van der Waals surface area contributed by atoms with Crippen molar-refractivity contribution in [1.82, 2.24) is 9.97 Å². The van der Waals surface area contributed by atoms with Crippen molar-refractivity contribution < 1.29 is 4.74 Å². The van der Waals surface area contributed by atoms with Crippen molar-refractivity contribution in [2.24, 2.45) is 0 Å². The van der Waals surface area contributed by atoms with Gasteiger partial charge in [-0.25, -0.2) is 9.97 Å². The number of nitrogens with zero attached hydrogens (tertiary/aromatic N) is 3. The van der Waals surface area contributed by atoms with Gasteiger partial charge in [-0.3, -0.25) is 0 Å². The van der Waals surface area contributed by atoms with E-state index in [-0.39, 0.29) is 0 Å². The zero-order valence-corrected chi connectivity index (χ0v) is 10.6. The second kappa shape index (κ2) is 6.03. The maximum Gasteiger partial charge on any atom is 0.187 e. The van der Waals surface area contributed by atoms with E-state index in [9.17, 15) is 0 Å². The molecule has 0 unspecified atom stereocenters. The lowest BCUT2D eigenvalue weighted by Gasteiger charge is -2.05. The Morgan fingerprint density at radius 3 is 2.78 bits per heavy atom. The molecule has 0 saturated carbocycles. The lowest BCUT2D eigenvalue weighted by atomic mass is 10.1. The first kappa shape index (κ1) is 12.4. The summed E-state index contributed by atoms with van der Waals surface area (Å²) in [6, 6.07) is 9.48. The lowest BCUT2D eigenvalue weighted by Crippen LogP contribution is -1.91. The van der Waals surface area contributed by atoms with Crippen molar-refractivity contribution in [3.8, 4) is 11.8 Å². The van der Waals surface area contributed by atoms with E-state index >= 15 is 0 Å². The molecule has 0 fully saturated rings. The average Bonchev–Trinajstić information content (AvgIpc) is 2.45. The third kappa shape index (κ3) is 2.99. The predicted molar refractivity (Wildman–Crippen MR) is 69.3 cm³/mol. The van der Waals surface area contributed by atoms with Crippen LogP contribution in [0, 0.1) is 11.3 Å². The molecule has 1 aromatic heterocycles. The Labute approximate surface area is 110 Å². The van der Waals surface area contributed by atoms with Gasteiger partial charge in [-0.1, -0.05) is 17.8 Å². The number of methoxy groups -OCH3 is 1. The van der Waals surface area contributed by atoms with Gasteiger partial charge < -0.3 is 4.74 Å². The SMILES string of the molecule is COc1ccc(CSc2ncccn2)cc1C#N. The van der Waals surface area contributed by atoms with Crippen LogP contribution in [0.15, 0.2) is 41.8 Å². The van der Waals surface area contributed by atoms with E-state index in [4.69, 9.17) is 10.00 Å². The summed E-state index contributed by atoms with van der Waals surface area (Å²) >= 11 is 1.53. The monoisotopic (exact) mass is 257 g/mol. The smallest absolute Gasteiger partial charge is 0.187 e. The van der Waals surface area contributed by atoms with E-state index in [0.717, 1.165) is 16.5 Å². The van der Waals surface area contributed by atoms with Gasteiger partial charge in [0.1, 0.15) is 11.8 Å². The van der Waals surface area contributed by atoms with Gasteiger partial charge in [-0.05, 0) is 23.8 Å². The van der Waals surface area contributed by atoms with Gasteiger partial charge in [-0.15, -0.1) is 0 Å². The molecule has 1 heterocycles. The van der Waals surface area contributed by atoms with Crippen molar-refractivity contribution in [2.45, 2.75) is 10.9 Å². The summed E-state index contributed by atoms with van der Waals surface area (Å²) in [5.41, 5.74) is 1.59. The van der Waals surface area contributed by atoms with E-state index in [1.54, 1.807) is 31.6 Å². The van der Waals surface area contributed by atoms with E-state index in [2.05, 4.69) is 16.0 Å².